The quantitative estimate of drug-likeness (QED) is 0.488. The topological polar surface area (TPSA) is 71.8 Å². The molecule has 5 rings (SSSR count). The number of rotatable bonds is 0. The van der Waals surface area contributed by atoms with Gasteiger partial charge in [-0.25, -0.2) is 4.98 Å². The second kappa shape index (κ2) is 3.82. The maximum Gasteiger partial charge on any atom is 0.231 e. The minimum atomic E-state index is -0.126. The first-order chi connectivity index (χ1) is 10.7. The predicted octanol–water partition coefficient (Wildman–Crippen LogP) is 2.95. The third-order valence-corrected chi connectivity index (χ3v) is 4.22. The molecule has 2 heterocycles. The average molecular weight is 293 g/mol. The molecule has 0 saturated heterocycles. The Morgan fingerprint density at radius 2 is 1.64 bits per heavy atom. The van der Waals surface area contributed by atoms with Gasteiger partial charge in [-0.2, -0.15) is 0 Å². The highest BCUT2D eigenvalue weighted by molar-refractivity contribution is 5.89. The lowest BCUT2D eigenvalue weighted by Crippen LogP contribution is -1.92. The van der Waals surface area contributed by atoms with Crippen molar-refractivity contribution in [3.63, 3.8) is 0 Å². The number of hydrogen-bond acceptors (Lipinski definition) is 5. The summed E-state index contributed by atoms with van der Waals surface area (Å²) in [5, 5.41) is 20.4. The van der Waals surface area contributed by atoms with E-state index in [1.165, 1.54) is 0 Å². The normalized spacial score (nSPS) is 14.2. The summed E-state index contributed by atoms with van der Waals surface area (Å²) in [7, 11) is 0. The van der Waals surface area contributed by atoms with Gasteiger partial charge in [0.1, 0.15) is 0 Å². The van der Waals surface area contributed by atoms with Crippen molar-refractivity contribution in [3.8, 4) is 34.3 Å². The van der Waals surface area contributed by atoms with Gasteiger partial charge in [0.2, 0.25) is 6.79 Å². The molecule has 0 saturated carbocycles. The number of phenolic OH excluding ortho intramolecular Hbond substituents is 2. The molecule has 0 amide bonds. The number of aromatic hydroxyl groups is 2. The highest BCUT2D eigenvalue weighted by Gasteiger charge is 2.24. The Morgan fingerprint density at radius 3 is 2.50 bits per heavy atom. The van der Waals surface area contributed by atoms with Crippen molar-refractivity contribution in [2.24, 2.45) is 0 Å². The van der Waals surface area contributed by atoms with E-state index in [-0.39, 0.29) is 18.3 Å². The van der Waals surface area contributed by atoms with Crippen LogP contribution < -0.4 is 9.47 Å². The van der Waals surface area contributed by atoms with Gasteiger partial charge in [-0.3, -0.25) is 0 Å². The molecule has 0 atom stereocenters. The molecule has 0 unspecified atom stereocenters. The highest BCUT2D eigenvalue weighted by atomic mass is 16.7. The van der Waals surface area contributed by atoms with Crippen LogP contribution in [0.3, 0.4) is 0 Å². The minimum absolute atomic E-state index is 0.100. The van der Waals surface area contributed by atoms with E-state index in [2.05, 4.69) is 6.07 Å². The van der Waals surface area contributed by atoms with Crippen molar-refractivity contribution in [3.05, 3.63) is 41.5 Å². The van der Waals surface area contributed by atoms with Gasteiger partial charge in [-0.05, 0) is 35.4 Å². The average Bonchev–Trinajstić information content (AvgIpc) is 3.07. The number of ether oxygens (including phenoxy) is 2. The molecule has 2 aliphatic rings. The Hall–Kier alpha value is -2.95. The molecule has 0 spiro atoms. The van der Waals surface area contributed by atoms with Crippen molar-refractivity contribution >= 4 is 10.9 Å². The lowest BCUT2D eigenvalue weighted by molar-refractivity contribution is 0.174. The zero-order valence-corrected chi connectivity index (χ0v) is 11.5. The maximum absolute atomic E-state index is 9.73. The summed E-state index contributed by atoms with van der Waals surface area (Å²) in [6, 6.07) is 9.05. The number of phenols is 2. The molecule has 2 N–H and O–H groups in total. The van der Waals surface area contributed by atoms with Crippen molar-refractivity contribution in [2.75, 3.05) is 6.79 Å². The summed E-state index contributed by atoms with van der Waals surface area (Å²) in [6.07, 6.45) is 0.690. The van der Waals surface area contributed by atoms with Gasteiger partial charge in [-0.1, -0.05) is 0 Å². The lowest BCUT2D eigenvalue weighted by Gasteiger charge is -2.05. The second-order valence-corrected chi connectivity index (χ2v) is 5.57. The summed E-state index contributed by atoms with van der Waals surface area (Å²) in [4.78, 5) is 4.72. The van der Waals surface area contributed by atoms with Gasteiger partial charge < -0.3 is 19.7 Å². The Bertz CT molecular complexity index is 965. The smallest absolute Gasteiger partial charge is 0.231 e. The molecule has 22 heavy (non-hydrogen) atoms. The van der Waals surface area contributed by atoms with Gasteiger partial charge in [-0.15, -0.1) is 0 Å². The first-order valence-corrected chi connectivity index (χ1v) is 6.97. The van der Waals surface area contributed by atoms with E-state index in [9.17, 15) is 10.2 Å². The van der Waals surface area contributed by atoms with E-state index in [0.717, 1.165) is 39.0 Å². The van der Waals surface area contributed by atoms with Crippen LogP contribution in [0.4, 0.5) is 0 Å². The van der Waals surface area contributed by atoms with Crippen molar-refractivity contribution < 1.29 is 19.7 Å². The van der Waals surface area contributed by atoms with Crippen LogP contribution >= 0.6 is 0 Å². The molecular formula is C17H11NO4. The van der Waals surface area contributed by atoms with Gasteiger partial charge in [0.15, 0.2) is 23.0 Å². The molecule has 108 valence electrons. The summed E-state index contributed by atoms with van der Waals surface area (Å²) in [6.45, 7) is 0.237. The number of hydrogen-bond donors (Lipinski definition) is 2. The Kier molecular flexibility index (Phi) is 2.03. The fourth-order valence-corrected chi connectivity index (χ4v) is 3.17. The second-order valence-electron chi connectivity index (χ2n) is 5.57. The molecular weight excluding hydrogens is 282 g/mol. The minimum Gasteiger partial charge on any atom is -0.504 e. The molecule has 1 aromatic heterocycles. The van der Waals surface area contributed by atoms with E-state index in [1.54, 1.807) is 12.1 Å². The number of benzene rings is 2. The molecule has 0 bridgehead atoms. The Labute approximate surface area is 125 Å². The number of fused-ring (bicyclic) bond motifs is 5. The van der Waals surface area contributed by atoms with Crippen LogP contribution in [0.25, 0.3) is 22.2 Å². The zero-order chi connectivity index (χ0) is 14.8. The van der Waals surface area contributed by atoms with E-state index >= 15 is 0 Å². The maximum atomic E-state index is 9.73. The van der Waals surface area contributed by atoms with Crippen LogP contribution in [0.1, 0.15) is 11.1 Å². The van der Waals surface area contributed by atoms with Gasteiger partial charge >= 0.3 is 0 Å². The molecule has 1 aliphatic heterocycles. The van der Waals surface area contributed by atoms with Crippen LogP contribution in [0.5, 0.6) is 23.0 Å². The van der Waals surface area contributed by atoms with Crippen molar-refractivity contribution in [2.45, 2.75) is 6.42 Å². The third-order valence-electron chi connectivity index (χ3n) is 4.22. The Balaban J connectivity index is 1.77. The number of pyridine rings is 1. The molecule has 0 fully saturated rings. The summed E-state index contributed by atoms with van der Waals surface area (Å²) in [5.74, 6) is 1.21. The monoisotopic (exact) mass is 293 g/mol. The van der Waals surface area contributed by atoms with Crippen LogP contribution in [-0.2, 0) is 6.42 Å². The van der Waals surface area contributed by atoms with E-state index in [1.807, 2.05) is 12.1 Å². The number of nitrogens with zero attached hydrogens (tertiary/aromatic N) is 1. The van der Waals surface area contributed by atoms with Crippen LogP contribution in [-0.4, -0.2) is 22.0 Å². The summed E-state index contributed by atoms with van der Waals surface area (Å²) in [5.41, 5.74) is 4.57. The SMILES string of the molecule is Oc1cc2c(cc1O)-c1nc3cc4c(cc3cc1C2)OCO4. The molecule has 1 aliphatic carbocycles. The fourth-order valence-electron chi connectivity index (χ4n) is 3.17. The Morgan fingerprint density at radius 1 is 0.864 bits per heavy atom. The molecule has 5 nitrogen and oxygen atoms in total. The third kappa shape index (κ3) is 1.45. The highest BCUT2D eigenvalue weighted by Crippen LogP contribution is 2.43. The van der Waals surface area contributed by atoms with Crippen LogP contribution in [0.15, 0.2) is 30.3 Å². The van der Waals surface area contributed by atoms with Gasteiger partial charge in [0, 0.05) is 23.4 Å². The largest absolute Gasteiger partial charge is 0.504 e. The van der Waals surface area contributed by atoms with Gasteiger partial charge in [0.25, 0.3) is 0 Å². The first kappa shape index (κ1) is 11.7. The zero-order valence-electron chi connectivity index (χ0n) is 11.5. The molecule has 2 aromatic carbocycles. The predicted molar refractivity (Wildman–Crippen MR) is 79.4 cm³/mol. The summed E-state index contributed by atoms with van der Waals surface area (Å²) >= 11 is 0. The fraction of sp³-hybridized carbons (Fsp3) is 0.118. The van der Waals surface area contributed by atoms with Gasteiger partial charge in [0.05, 0.1) is 11.2 Å². The molecule has 3 aromatic rings. The van der Waals surface area contributed by atoms with E-state index in [4.69, 9.17) is 14.5 Å². The number of aromatic nitrogens is 1. The van der Waals surface area contributed by atoms with Crippen molar-refractivity contribution in [1.29, 1.82) is 0 Å². The standard InChI is InChI=1S/C17H11NO4/c19-13-3-8-1-10-2-9-4-15-16(22-7-21-15)6-12(9)18-17(10)11(8)5-14(13)20/h2-6,19-20H,1,7H2. The van der Waals surface area contributed by atoms with Crippen molar-refractivity contribution in [1.82, 2.24) is 4.98 Å². The van der Waals surface area contributed by atoms with Crippen LogP contribution in [0.2, 0.25) is 0 Å². The lowest BCUT2D eigenvalue weighted by atomic mass is 10.1. The van der Waals surface area contributed by atoms with Crippen LogP contribution in [0, 0.1) is 0 Å². The van der Waals surface area contributed by atoms with E-state index in [0.29, 0.717) is 12.2 Å². The first-order valence-electron chi connectivity index (χ1n) is 6.97. The summed E-state index contributed by atoms with van der Waals surface area (Å²) < 4.78 is 10.8. The van der Waals surface area contributed by atoms with E-state index < -0.39 is 0 Å². The molecule has 0 radical (unpaired) electrons. The molecule has 5 heteroatoms.